The molecule has 3 rings (SSSR count). The van der Waals surface area contributed by atoms with Crippen molar-refractivity contribution in [3.8, 4) is 0 Å². The number of anilines is 2. The summed E-state index contributed by atoms with van der Waals surface area (Å²) < 4.78 is 1.66. The predicted molar refractivity (Wildman–Crippen MR) is 70.2 cm³/mol. The van der Waals surface area contributed by atoms with E-state index in [0.29, 0.717) is 0 Å². The zero-order chi connectivity index (χ0) is 11.7. The van der Waals surface area contributed by atoms with Crippen molar-refractivity contribution in [2.45, 2.75) is 4.90 Å². The Bertz CT molecular complexity index is 556. The Balaban J connectivity index is 1.98. The average molecular weight is 242 g/mol. The van der Waals surface area contributed by atoms with Crippen LogP contribution in [0, 0.1) is 0 Å². The first kappa shape index (κ1) is 10.2. The number of carbonyl (C=O) groups excluding carboxylic acids is 1. The Hall–Kier alpha value is -1.94. The average Bonchev–Trinajstić information content (AvgIpc) is 2.39. The molecule has 0 aliphatic carbocycles. The summed E-state index contributed by atoms with van der Waals surface area (Å²) in [5.74, 6) is 0. The number of benzene rings is 2. The number of rotatable bonds is 1. The quantitative estimate of drug-likeness (QED) is 0.772. The van der Waals surface area contributed by atoms with Crippen LogP contribution in [0.1, 0.15) is 0 Å². The molecule has 0 saturated carbocycles. The van der Waals surface area contributed by atoms with Crippen molar-refractivity contribution in [3.05, 3.63) is 54.6 Å². The van der Waals surface area contributed by atoms with Gasteiger partial charge in [0.05, 0.1) is 16.3 Å². The summed E-state index contributed by atoms with van der Waals surface area (Å²) >= 11 is 1.44. The van der Waals surface area contributed by atoms with Crippen LogP contribution in [0.4, 0.5) is 16.2 Å². The number of para-hydroxylation sites is 2. The van der Waals surface area contributed by atoms with E-state index in [0.717, 1.165) is 16.3 Å². The van der Waals surface area contributed by atoms with Crippen molar-refractivity contribution in [1.29, 1.82) is 0 Å². The van der Waals surface area contributed by atoms with E-state index in [9.17, 15) is 4.79 Å². The van der Waals surface area contributed by atoms with E-state index in [1.54, 1.807) is 4.31 Å². The molecular formula is C13H10N2OS. The molecule has 0 fully saturated rings. The fourth-order valence-electron chi connectivity index (χ4n) is 1.69. The Morgan fingerprint density at radius 2 is 1.65 bits per heavy atom. The molecule has 2 aromatic carbocycles. The van der Waals surface area contributed by atoms with Crippen LogP contribution in [0.3, 0.4) is 0 Å². The molecule has 4 heteroatoms. The summed E-state index contributed by atoms with van der Waals surface area (Å²) in [5, 5.41) is 2.87. The maximum Gasteiger partial charge on any atom is 0.336 e. The van der Waals surface area contributed by atoms with Crippen LogP contribution in [-0.4, -0.2) is 6.03 Å². The third-order valence-electron chi connectivity index (χ3n) is 2.49. The maximum atomic E-state index is 12.0. The van der Waals surface area contributed by atoms with Gasteiger partial charge in [0.2, 0.25) is 0 Å². The Kier molecular flexibility index (Phi) is 2.49. The largest absolute Gasteiger partial charge is 0.336 e. The van der Waals surface area contributed by atoms with Gasteiger partial charge in [0.1, 0.15) is 0 Å². The first-order valence-electron chi connectivity index (χ1n) is 5.28. The van der Waals surface area contributed by atoms with Gasteiger partial charge in [0, 0.05) is 0 Å². The first-order chi connectivity index (χ1) is 8.34. The van der Waals surface area contributed by atoms with Gasteiger partial charge < -0.3 is 5.32 Å². The number of nitrogens with zero attached hydrogens (tertiary/aromatic N) is 1. The van der Waals surface area contributed by atoms with Crippen molar-refractivity contribution < 1.29 is 4.79 Å². The number of amides is 2. The summed E-state index contributed by atoms with van der Waals surface area (Å²) in [7, 11) is 0. The summed E-state index contributed by atoms with van der Waals surface area (Å²) in [6.45, 7) is 0. The van der Waals surface area contributed by atoms with E-state index in [4.69, 9.17) is 0 Å². The van der Waals surface area contributed by atoms with Crippen LogP contribution in [0.15, 0.2) is 59.5 Å². The van der Waals surface area contributed by atoms with Crippen LogP contribution >= 0.6 is 11.9 Å². The van der Waals surface area contributed by atoms with Gasteiger partial charge in [0.15, 0.2) is 0 Å². The highest BCUT2D eigenvalue weighted by Crippen LogP contribution is 2.37. The van der Waals surface area contributed by atoms with Gasteiger partial charge in [-0.2, -0.15) is 0 Å². The van der Waals surface area contributed by atoms with E-state index < -0.39 is 0 Å². The Morgan fingerprint density at radius 1 is 0.941 bits per heavy atom. The van der Waals surface area contributed by atoms with E-state index in [2.05, 4.69) is 5.32 Å². The lowest BCUT2D eigenvalue weighted by molar-refractivity contribution is 0.260. The van der Waals surface area contributed by atoms with Crippen molar-refractivity contribution in [1.82, 2.24) is 0 Å². The molecule has 0 aromatic heterocycles. The second-order valence-electron chi connectivity index (χ2n) is 3.65. The minimum atomic E-state index is -0.111. The zero-order valence-electron chi connectivity index (χ0n) is 8.96. The van der Waals surface area contributed by atoms with Crippen LogP contribution < -0.4 is 9.62 Å². The number of carbonyl (C=O) groups is 1. The van der Waals surface area contributed by atoms with E-state index in [1.807, 2.05) is 54.6 Å². The molecule has 3 nitrogen and oxygen atoms in total. The number of hydrogen-bond donors (Lipinski definition) is 1. The van der Waals surface area contributed by atoms with Crippen LogP contribution in [0.2, 0.25) is 0 Å². The van der Waals surface area contributed by atoms with Crippen molar-refractivity contribution >= 4 is 29.4 Å². The lowest BCUT2D eigenvalue weighted by Crippen LogP contribution is -2.32. The smallest absolute Gasteiger partial charge is 0.306 e. The minimum Gasteiger partial charge on any atom is -0.306 e. The summed E-state index contributed by atoms with van der Waals surface area (Å²) in [4.78, 5) is 13.0. The minimum absolute atomic E-state index is 0.111. The molecule has 84 valence electrons. The second kappa shape index (κ2) is 4.14. The number of urea groups is 1. The SMILES string of the molecule is O=C1Nc2ccccc2SN1c1ccccc1. The van der Waals surface area contributed by atoms with Gasteiger partial charge in [-0.1, -0.05) is 30.3 Å². The molecule has 0 unspecified atom stereocenters. The molecule has 1 aliphatic heterocycles. The molecule has 0 atom stereocenters. The third-order valence-corrected chi connectivity index (χ3v) is 3.61. The maximum absolute atomic E-state index is 12.0. The van der Waals surface area contributed by atoms with E-state index >= 15 is 0 Å². The fourth-order valence-corrected chi connectivity index (χ4v) is 2.60. The molecule has 2 amide bonds. The van der Waals surface area contributed by atoms with Crippen LogP contribution in [0.5, 0.6) is 0 Å². The van der Waals surface area contributed by atoms with Gasteiger partial charge in [-0.15, -0.1) is 0 Å². The fraction of sp³-hybridized carbons (Fsp3) is 0. The van der Waals surface area contributed by atoms with Crippen LogP contribution in [-0.2, 0) is 0 Å². The second-order valence-corrected chi connectivity index (χ2v) is 4.64. The summed E-state index contributed by atoms with van der Waals surface area (Å²) in [6, 6.07) is 17.3. The molecule has 2 aromatic rings. The molecule has 0 bridgehead atoms. The molecular weight excluding hydrogens is 232 g/mol. The Morgan fingerprint density at radius 3 is 2.47 bits per heavy atom. The molecule has 0 saturated heterocycles. The predicted octanol–water partition coefficient (Wildman–Crippen LogP) is 3.75. The highest BCUT2D eigenvalue weighted by molar-refractivity contribution is 8.01. The normalized spacial score (nSPS) is 14.1. The molecule has 0 spiro atoms. The van der Waals surface area contributed by atoms with Gasteiger partial charge in [-0.25, -0.2) is 9.10 Å². The first-order valence-corrected chi connectivity index (χ1v) is 6.05. The molecule has 1 aliphatic rings. The van der Waals surface area contributed by atoms with E-state index in [-0.39, 0.29) is 6.03 Å². The highest BCUT2D eigenvalue weighted by atomic mass is 32.2. The van der Waals surface area contributed by atoms with Gasteiger partial charge in [-0.3, -0.25) is 0 Å². The van der Waals surface area contributed by atoms with Crippen molar-refractivity contribution in [2.75, 3.05) is 9.62 Å². The van der Waals surface area contributed by atoms with Gasteiger partial charge in [-0.05, 0) is 36.2 Å². The van der Waals surface area contributed by atoms with Gasteiger partial charge in [0.25, 0.3) is 0 Å². The summed E-state index contributed by atoms with van der Waals surface area (Å²) in [6.07, 6.45) is 0. The number of hydrogen-bond acceptors (Lipinski definition) is 2. The highest BCUT2D eigenvalue weighted by Gasteiger charge is 2.24. The molecule has 0 radical (unpaired) electrons. The third kappa shape index (κ3) is 1.87. The molecule has 17 heavy (non-hydrogen) atoms. The summed E-state index contributed by atoms with van der Waals surface area (Å²) in [5.41, 5.74) is 1.75. The van der Waals surface area contributed by atoms with E-state index in [1.165, 1.54) is 11.9 Å². The topological polar surface area (TPSA) is 32.3 Å². The van der Waals surface area contributed by atoms with Crippen LogP contribution in [0.25, 0.3) is 0 Å². The monoisotopic (exact) mass is 242 g/mol. The van der Waals surface area contributed by atoms with Crippen molar-refractivity contribution in [3.63, 3.8) is 0 Å². The molecule has 1 N–H and O–H groups in total. The zero-order valence-corrected chi connectivity index (χ0v) is 9.78. The number of nitrogens with one attached hydrogen (secondary N) is 1. The van der Waals surface area contributed by atoms with Crippen molar-refractivity contribution in [2.24, 2.45) is 0 Å². The Labute approximate surface area is 104 Å². The standard InChI is InChI=1S/C13H10N2OS/c16-13-14-11-8-4-5-9-12(11)17-15(13)10-6-2-1-3-7-10/h1-9H,(H,14,16). The van der Waals surface area contributed by atoms with Gasteiger partial charge >= 0.3 is 6.03 Å². The lowest BCUT2D eigenvalue weighted by atomic mass is 10.3. The lowest BCUT2D eigenvalue weighted by Gasteiger charge is -2.27. The molecule has 1 heterocycles. The number of fused-ring (bicyclic) bond motifs is 1.